The quantitative estimate of drug-likeness (QED) is 0.681. The van der Waals surface area contributed by atoms with Crippen molar-refractivity contribution in [3.63, 3.8) is 0 Å². The number of likely N-dealkylation sites (N-methyl/N-ethyl adjacent to an activating group) is 1. The van der Waals surface area contributed by atoms with Crippen LogP contribution in [0, 0.1) is 0 Å². The molecular weight excluding hydrogens is 212 g/mol. The van der Waals surface area contributed by atoms with Gasteiger partial charge < -0.3 is 4.90 Å². The van der Waals surface area contributed by atoms with Crippen LogP contribution in [0.1, 0.15) is 13.8 Å². The standard InChI is InChI=1S/C10H20N2O2S/c1-3-12(4-2)10(13)9-11-5-7-15(14)8-6-11/h3-9H2,1-2H3. The normalized spacial score (nSPS) is 19.1. The zero-order chi connectivity index (χ0) is 11.3. The molecule has 0 aromatic rings. The lowest BCUT2D eigenvalue weighted by Gasteiger charge is -2.28. The molecule has 15 heavy (non-hydrogen) atoms. The van der Waals surface area contributed by atoms with Crippen molar-refractivity contribution in [2.75, 3.05) is 44.2 Å². The molecule has 0 atom stereocenters. The Morgan fingerprint density at radius 3 is 2.27 bits per heavy atom. The predicted molar refractivity (Wildman–Crippen MR) is 62.2 cm³/mol. The summed E-state index contributed by atoms with van der Waals surface area (Å²) in [6, 6.07) is 0. The maximum Gasteiger partial charge on any atom is 0.236 e. The van der Waals surface area contributed by atoms with Crippen LogP contribution in [-0.4, -0.2) is 64.1 Å². The molecule has 0 radical (unpaired) electrons. The van der Waals surface area contributed by atoms with Gasteiger partial charge in [0, 0.05) is 48.5 Å². The lowest BCUT2D eigenvalue weighted by molar-refractivity contribution is -0.131. The molecule has 0 aromatic heterocycles. The number of carbonyl (C=O) groups excluding carboxylic acids is 1. The Hall–Kier alpha value is -0.420. The van der Waals surface area contributed by atoms with Crippen LogP contribution in [-0.2, 0) is 15.6 Å². The summed E-state index contributed by atoms with van der Waals surface area (Å²) in [5.74, 6) is 1.62. The molecule has 0 spiro atoms. The predicted octanol–water partition coefficient (Wildman–Crippen LogP) is -0.0809. The van der Waals surface area contributed by atoms with Gasteiger partial charge in [0.2, 0.25) is 5.91 Å². The molecule has 1 rings (SSSR count). The second kappa shape index (κ2) is 6.23. The molecule has 88 valence electrons. The third-order valence-electron chi connectivity index (χ3n) is 2.75. The molecule has 1 aliphatic heterocycles. The summed E-state index contributed by atoms with van der Waals surface area (Å²) >= 11 is 0. The average Bonchev–Trinajstić information content (AvgIpc) is 2.23. The summed E-state index contributed by atoms with van der Waals surface area (Å²) in [4.78, 5) is 15.7. The molecule has 1 fully saturated rings. The first-order chi connectivity index (χ1) is 7.17. The van der Waals surface area contributed by atoms with Gasteiger partial charge in [-0.15, -0.1) is 0 Å². The number of rotatable bonds is 4. The molecule has 1 saturated heterocycles. The molecule has 0 aliphatic carbocycles. The maximum atomic E-state index is 11.8. The van der Waals surface area contributed by atoms with Gasteiger partial charge in [0.05, 0.1) is 6.54 Å². The minimum absolute atomic E-state index is 0.188. The van der Waals surface area contributed by atoms with E-state index < -0.39 is 10.8 Å². The lowest BCUT2D eigenvalue weighted by atomic mass is 10.4. The summed E-state index contributed by atoms with van der Waals surface area (Å²) in [5.41, 5.74) is 0. The van der Waals surface area contributed by atoms with Gasteiger partial charge in [-0.1, -0.05) is 0 Å². The van der Waals surface area contributed by atoms with Gasteiger partial charge in [0.15, 0.2) is 0 Å². The van der Waals surface area contributed by atoms with Crippen LogP contribution in [0.15, 0.2) is 0 Å². The van der Waals surface area contributed by atoms with E-state index in [1.54, 1.807) is 0 Å². The average molecular weight is 232 g/mol. The highest BCUT2D eigenvalue weighted by Gasteiger charge is 2.19. The molecule has 1 aliphatic rings. The second-order valence-electron chi connectivity index (χ2n) is 3.69. The van der Waals surface area contributed by atoms with Crippen LogP contribution < -0.4 is 0 Å². The summed E-state index contributed by atoms with van der Waals surface area (Å²) in [5, 5.41) is 0. The monoisotopic (exact) mass is 232 g/mol. The number of carbonyl (C=O) groups is 1. The van der Waals surface area contributed by atoms with E-state index in [1.165, 1.54) is 0 Å². The topological polar surface area (TPSA) is 40.6 Å². The molecule has 0 N–H and O–H groups in total. The first-order valence-corrected chi connectivity index (χ1v) is 7.01. The Morgan fingerprint density at radius 1 is 1.27 bits per heavy atom. The smallest absolute Gasteiger partial charge is 0.236 e. The molecule has 0 aromatic carbocycles. The Morgan fingerprint density at radius 2 is 1.80 bits per heavy atom. The highest BCUT2D eigenvalue weighted by molar-refractivity contribution is 7.85. The van der Waals surface area contributed by atoms with E-state index in [4.69, 9.17) is 0 Å². The van der Waals surface area contributed by atoms with Crippen LogP contribution >= 0.6 is 0 Å². The van der Waals surface area contributed by atoms with Gasteiger partial charge in [-0.3, -0.25) is 13.9 Å². The van der Waals surface area contributed by atoms with Crippen molar-refractivity contribution in [3.05, 3.63) is 0 Å². The zero-order valence-corrected chi connectivity index (χ0v) is 10.4. The number of amides is 1. The molecule has 5 heteroatoms. The van der Waals surface area contributed by atoms with Crippen molar-refractivity contribution in [3.8, 4) is 0 Å². The molecule has 4 nitrogen and oxygen atoms in total. The Balaban J connectivity index is 2.34. The summed E-state index contributed by atoms with van der Waals surface area (Å²) in [6.45, 7) is 7.60. The van der Waals surface area contributed by atoms with Gasteiger partial charge in [0.25, 0.3) is 0 Å². The molecule has 0 bridgehead atoms. The highest BCUT2D eigenvalue weighted by atomic mass is 32.2. The van der Waals surface area contributed by atoms with Crippen LogP contribution in [0.25, 0.3) is 0 Å². The van der Waals surface area contributed by atoms with Gasteiger partial charge >= 0.3 is 0 Å². The van der Waals surface area contributed by atoms with Crippen molar-refractivity contribution >= 4 is 16.7 Å². The van der Waals surface area contributed by atoms with E-state index in [0.717, 1.165) is 26.2 Å². The fourth-order valence-corrected chi connectivity index (χ4v) is 2.83. The molecule has 0 unspecified atom stereocenters. The van der Waals surface area contributed by atoms with E-state index in [9.17, 15) is 9.00 Å². The third kappa shape index (κ3) is 3.91. The van der Waals surface area contributed by atoms with E-state index in [2.05, 4.69) is 4.90 Å². The summed E-state index contributed by atoms with van der Waals surface area (Å²) in [6.07, 6.45) is 0. The van der Waals surface area contributed by atoms with Crippen LogP contribution in [0.4, 0.5) is 0 Å². The van der Waals surface area contributed by atoms with Gasteiger partial charge in [-0.2, -0.15) is 0 Å². The zero-order valence-electron chi connectivity index (χ0n) is 9.57. The Labute approximate surface area is 94.1 Å². The summed E-state index contributed by atoms with van der Waals surface area (Å²) < 4.78 is 11.1. The fourth-order valence-electron chi connectivity index (χ4n) is 1.70. The Kier molecular flexibility index (Phi) is 5.25. The van der Waals surface area contributed by atoms with Crippen molar-refractivity contribution in [2.45, 2.75) is 13.8 Å². The first kappa shape index (κ1) is 12.6. The SMILES string of the molecule is CCN(CC)C(=O)CN1CCS(=O)CC1. The second-order valence-corrected chi connectivity index (χ2v) is 5.39. The van der Waals surface area contributed by atoms with Gasteiger partial charge in [-0.05, 0) is 13.8 Å². The van der Waals surface area contributed by atoms with Gasteiger partial charge in [-0.25, -0.2) is 0 Å². The highest BCUT2D eigenvalue weighted by Crippen LogP contribution is 2.01. The van der Waals surface area contributed by atoms with Crippen LogP contribution in [0.2, 0.25) is 0 Å². The number of nitrogens with zero attached hydrogens (tertiary/aromatic N) is 2. The Bertz CT molecular complexity index is 232. The third-order valence-corrected chi connectivity index (χ3v) is 4.02. The molecule has 0 saturated carbocycles. The van der Waals surface area contributed by atoms with Gasteiger partial charge in [0.1, 0.15) is 0 Å². The first-order valence-electron chi connectivity index (χ1n) is 5.52. The van der Waals surface area contributed by atoms with Crippen molar-refractivity contribution in [2.24, 2.45) is 0 Å². The number of hydrogen-bond donors (Lipinski definition) is 0. The minimum atomic E-state index is -0.657. The van der Waals surface area contributed by atoms with E-state index in [-0.39, 0.29) is 5.91 Å². The van der Waals surface area contributed by atoms with E-state index >= 15 is 0 Å². The number of hydrogen-bond acceptors (Lipinski definition) is 3. The van der Waals surface area contributed by atoms with E-state index in [1.807, 2.05) is 18.7 Å². The van der Waals surface area contributed by atoms with Crippen molar-refractivity contribution < 1.29 is 9.00 Å². The molecule has 1 heterocycles. The minimum Gasteiger partial charge on any atom is -0.342 e. The lowest BCUT2D eigenvalue weighted by Crippen LogP contribution is -2.45. The molecular formula is C10H20N2O2S. The maximum absolute atomic E-state index is 11.8. The van der Waals surface area contributed by atoms with Crippen molar-refractivity contribution in [1.29, 1.82) is 0 Å². The van der Waals surface area contributed by atoms with E-state index in [0.29, 0.717) is 18.1 Å². The largest absolute Gasteiger partial charge is 0.342 e. The molecule has 1 amide bonds. The summed E-state index contributed by atoms with van der Waals surface area (Å²) in [7, 11) is -0.657. The fraction of sp³-hybridized carbons (Fsp3) is 0.900. The van der Waals surface area contributed by atoms with Crippen LogP contribution in [0.5, 0.6) is 0 Å². The van der Waals surface area contributed by atoms with Crippen molar-refractivity contribution in [1.82, 2.24) is 9.80 Å². The van der Waals surface area contributed by atoms with Crippen LogP contribution in [0.3, 0.4) is 0 Å².